The standard InChI is InChI=1S/C13H17NO2S/c1-8(2)6-14-12(15)7-17-13(14)11-5-9(3)10(4)16-11/h5,13H,1,6-7H2,2-4H3. The third kappa shape index (κ3) is 2.41. The second-order valence-electron chi connectivity index (χ2n) is 4.53. The van der Waals surface area contributed by atoms with Crippen LogP contribution in [0.15, 0.2) is 22.6 Å². The highest BCUT2D eigenvalue weighted by molar-refractivity contribution is 8.00. The Hall–Kier alpha value is -1.16. The summed E-state index contributed by atoms with van der Waals surface area (Å²) >= 11 is 1.62. The molecule has 1 saturated heterocycles. The monoisotopic (exact) mass is 251 g/mol. The van der Waals surface area contributed by atoms with Gasteiger partial charge in [0.1, 0.15) is 16.9 Å². The van der Waals surface area contributed by atoms with Crippen molar-refractivity contribution in [2.45, 2.75) is 26.1 Å². The van der Waals surface area contributed by atoms with E-state index in [4.69, 9.17) is 4.42 Å². The SMILES string of the molecule is C=C(C)CN1C(=O)CSC1c1cc(C)c(C)o1. The number of carbonyl (C=O) groups is 1. The van der Waals surface area contributed by atoms with Crippen LogP contribution < -0.4 is 0 Å². The summed E-state index contributed by atoms with van der Waals surface area (Å²) in [5, 5.41) is 0.00611. The molecule has 0 N–H and O–H groups in total. The maximum atomic E-state index is 11.8. The molecule has 2 rings (SSSR count). The summed E-state index contributed by atoms with van der Waals surface area (Å²) in [6.45, 7) is 10.4. The van der Waals surface area contributed by atoms with Crippen molar-refractivity contribution in [3.63, 3.8) is 0 Å². The van der Waals surface area contributed by atoms with E-state index in [2.05, 4.69) is 6.58 Å². The van der Waals surface area contributed by atoms with Gasteiger partial charge in [0, 0.05) is 6.54 Å². The molecule has 92 valence electrons. The normalized spacial score (nSPS) is 20.1. The number of nitrogens with zero attached hydrogens (tertiary/aromatic N) is 1. The second-order valence-corrected chi connectivity index (χ2v) is 5.60. The molecule has 17 heavy (non-hydrogen) atoms. The zero-order valence-corrected chi connectivity index (χ0v) is 11.3. The predicted molar refractivity (Wildman–Crippen MR) is 69.9 cm³/mol. The van der Waals surface area contributed by atoms with Gasteiger partial charge in [-0.15, -0.1) is 11.8 Å². The van der Waals surface area contributed by atoms with Crippen LogP contribution in [0, 0.1) is 13.8 Å². The van der Waals surface area contributed by atoms with Crippen LogP contribution in [0.1, 0.15) is 29.4 Å². The van der Waals surface area contributed by atoms with E-state index in [1.165, 1.54) is 0 Å². The lowest BCUT2D eigenvalue weighted by molar-refractivity contribution is -0.127. The molecule has 1 aliphatic heterocycles. The van der Waals surface area contributed by atoms with Gasteiger partial charge in [-0.05, 0) is 32.4 Å². The van der Waals surface area contributed by atoms with Crippen LogP contribution in [0.3, 0.4) is 0 Å². The van der Waals surface area contributed by atoms with Crippen molar-refractivity contribution in [2.75, 3.05) is 12.3 Å². The van der Waals surface area contributed by atoms with Crippen LogP contribution in [0.5, 0.6) is 0 Å². The second kappa shape index (κ2) is 4.61. The Morgan fingerprint density at radius 2 is 2.35 bits per heavy atom. The lowest BCUT2D eigenvalue weighted by Gasteiger charge is -2.22. The van der Waals surface area contributed by atoms with Crippen molar-refractivity contribution in [3.05, 3.63) is 35.3 Å². The molecule has 0 aliphatic carbocycles. The van der Waals surface area contributed by atoms with Crippen LogP contribution in [0.2, 0.25) is 0 Å². The molecule has 0 spiro atoms. The van der Waals surface area contributed by atoms with Gasteiger partial charge >= 0.3 is 0 Å². The summed E-state index contributed by atoms with van der Waals surface area (Å²) in [6.07, 6.45) is 0. The average molecular weight is 251 g/mol. The molecule has 1 unspecified atom stereocenters. The minimum Gasteiger partial charge on any atom is -0.463 e. The molecule has 0 aromatic carbocycles. The molecule has 0 saturated carbocycles. The van der Waals surface area contributed by atoms with E-state index in [9.17, 15) is 4.79 Å². The number of aryl methyl sites for hydroxylation is 2. The number of furan rings is 1. The third-order valence-electron chi connectivity index (χ3n) is 2.84. The quantitative estimate of drug-likeness (QED) is 0.774. The van der Waals surface area contributed by atoms with Crippen LogP contribution in [-0.2, 0) is 4.79 Å². The van der Waals surface area contributed by atoms with E-state index in [0.717, 1.165) is 22.7 Å². The van der Waals surface area contributed by atoms with Crippen LogP contribution in [-0.4, -0.2) is 23.1 Å². The fraction of sp³-hybridized carbons (Fsp3) is 0.462. The molecule has 0 bridgehead atoms. The molecule has 1 aliphatic rings. The van der Waals surface area contributed by atoms with Crippen molar-refractivity contribution in [2.24, 2.45) is 0 Å². The minimum atomic E-state index is 0.00611. The number of hydrogen-bond donors (Lipinski definition) is 0. The van der Waals surface area contributed by atoms with Crippen molar-refractivity contribution < 1.29 is 9.21 Å². The number of amides is 1. The van der Waals surface area contributed by atoms with Gasteiger partial charge in [0.15, 0.2) is 0 Å². The van der Waals surface area contributed by atoms with Crippen molar-refractivity contribution >= 4 is 17.7 Å². The molecular formula is C13H17NO2S. The predicted octanol–water partition coefficient (Wildman–Crippen LogP) is 3.05. The molecule has 3 nitrogen and oxygen atoms in total. The number of carbonyl (C=O) groups excluding carboxylic acids is 1. The smallest absolute Gasteiger partial charge is 0.234 e. The largest absolute Gasteiger partial charge is 0.463 e. The molecule has 1 aromatic rings. The first-order valence-electron chi connectivity index (χ1n) is 5.61. The maximum absolute atomic E-state index is 11.8. The van der Waals surface area contributed by atoms with Gasteiger partial charge in [-0.2, -0.15) is 0 Å². The Bertz CT molecular complexity index is 444. The Labute approximate surface area is 106 Å². The fourth-order valence-electron chi connectivity index (χ4n) is 1.87. The van der Waals surface area contributed by atoms with E-state index >= 15 is 0 Å². The maximum Gasteiger partial charge on any atom is 0.234 e. The van der Waals surface area contributed by atoms with Crippen LogP contribution in [0.25, 0.3) is 0 Å². The average Bonchev–Trinajstić information content (AvgIpc) is 2.73. The molecule has 0 radical (unpaired) electrons. The van der Waals surface area contributed by atoms with E-state index < -0.39 is 0 Å². The van der Waals surface area contributed by atoms with Gasteiger partial charge in [0.25, 0.3) is 0 Å². The highest BCUT2D eigenvalue weighted by Crippen LogP contribution is 2.40. The lowest BCUT2D eigenvalue weighted by atomic mass is 10.2. The molecule has 1 amide bonds. The summed E-state index contributed by atoms with van der Waals surface area (Å²) in [4.78, 5) is 13.6. The summed E-state index contributed by atoms with van der Waals surface area (Å²) in [7, 11) is 0. The lowest BCUT2D eigenvalue weighted by Crippen LogP contribution is -2.29. The third-order valence-corrected chi connectivity index (χ3v) is 4.05. The van der Waals surface area contributed by atoms with Crippen molar-refractivity contribution in [3.8, 4) is 0 Å². The van der Waals surface area contributed by atoms with Crippen molar-refractivity contribution in [1.82, 2.24) is 4.90 Å². The van der Waals surface area contributed by atoms with Gasteiger partial charge in [-0.1, -0.05) is 12.2 Å². The molecule has 4 heteroatoms. The molecule has 1 fully saturated rings. The molecule has 2 heterocycles. The Morgan fingerprint density at radius 3 is 2.88 bits per heavy atom. The fourth-order valence-corrected chi connectivity index (χ4v) is 2.99. The van der Waals surface area contributed by atoms with E-state index in [1.54, 1.807) is 11.8 Å². The number of thioether (sulfide) groups is 1. The first-order chi connectivity index (χ1) is 7.99. The first kappa shape index (κ1) is 12.3. The van der Waals surface area contributed by atoms with Gasteiger partial charge in [0.2, 0.25) is 5.91 Å². The topological polar surface area (TPSA) is 33.5 Å². The number of rotatable bonds is 3. The van der Waals surface area contributed by atoms with Crippen LogP contribution >= 0.6 is 11.8 Å². The van der Waals surface area contributed by atoms with Gasteiger partial charge in [-0.3, -0.25) is 4.79 Å². The summed E-state index contributed by atoms with van der Waals surface area (Å²) in [5.41, 5.74) is 2.13. The Balaban J connectivity index is 2.25. The van der Waals surface area contributed by atoms with Gasteiger partial charge in [-0.25, -0.2) is 0 Å². The van der Waals surface area contributed by atoms with Gasteiger partial charge in [0.05, 0.1) is 5.75 Å². The molecule has 1 aromatic heterocycles. The highest BCUT2D eigenvalue weighted by atomic mass is 32.2. The van der Waals surface area contributed by atoms with E-state index in [1.807, 2.05) is 31.7 Å². The van der Waals surface area contributed by atoms with E-state index in [0.29, 0.717) is 12.3 Å². The minimum absolute atomic E-state index is 0.00611. The van der Waals surface area contributed by atoms with Gasteiger partial charge < -0.3 is 9.32 Å². The summed E-state index contributed by atoms with van der Waals surface area (Å²) in [6, 6.07) is 2.02. The van der Waals surface area contributed by atoms with Crippen LogP contribution in [0.4, 0.5) is 0 Å². The molecule has 1 atom stereocenters. The van der Waals surface area contributed by atoms with E-state index in [-0.39, 0.29) is 11.3 Å². The molecular weight excluding hydrogens is 234 g/mol. The Morgan fingerprint density at radius 1 is 1.65 bits per heavy atom. The highest BCUT2D eigenvalue weighted by Gasteiger charge is 2.34. The first-order valence-corrected chi connectivity index (χ1v) is 6.66. The summed E-state index contributed by atoms with van der Waals surface area (Å²) < 4.78 is 5.71. The zero-order chi connectivity index (χ0) is 12.6. The number of hydrogen-bond acceptors (Lipinski definition) is 3. The Kier molecular flexibility index (Phi) is 3.33. The zero-order valence-electron chi connectivity index (χ0n) is 10.4. The van der Waals surface area contributed by atoms with Crippen molar-refractivity contribution in [1.29, 1.82) is 0 Å². The summed E-state index contributed by atoms with van der Waals surface area (Å²) in [5.74, 6) is 2.48.